The summed E-state index contributed by atoms with van der Waals surface area (Å²) in [4.78, 5) is 47.5. The molecular formula is C32H35N3O6. The Bertz CT molecular complexity index is 1340. The van der Waals surface area contributed by atoms with E-state index >= 15 is 0 Å². The molecule has 0 fully saturated rings. The summed E-state index contributed by atoms with van der Waals surface area (Å²) in [7, 11) is 0. The van der Waals surface area contributed by atoms with Gasteiger partial charge >= 0.3 is 12.1 Å². The molecule has 0 aliphatic heterocycles. The van der Waals surface area contributed by atoms with E-state index in [1.54, 1.807) is 24.3 Å². The second kappa shape index (κ2) is 14.6. The summed E-state index contributed by atoms with van der Waals surface area (Å²) in [6.07, 6.45) is 2.13. The van der Waals surface area contributed by atoms with Crippen LogP contribution >= 0.6 is 0 Å². The summed E-state index contributed by atoms with van der Waals surface area (Å²) in [5.74, 6) is -1.51. The Hall–Kier alpha value is -4.66. The van der Waals surface area contributed by atoms with Crippen LogP contribution in [0.5, 0.6) is 0 Å². The third-order valence-corrected chi connectivity index (χ3v) is 7.04. The van der Waals surface area contributed by atoms with Gasteiger partial charge in [-0.2, -0.15) is 0 Å². The number of carboxylic acids is 1. The van der Waals surface area contributed by atoms with Crippen LogP contribution in [-0.2, 0) is 25.5 Å². The summed E-state index contributed by atoms with van der Waals surface area (Å²) in [6, 6.07) is 23.4. The smallest absolute Gasteiger partial charge is 0.407 e. The molecule has 41 heavy (non-hydrogen) atoms. The maximum atomic E-state index is 12.3. The molecule has 0 heterocycles. The molecule has 0 saturated heterocycles. The number of benzene rings is 3. The molecular weight excluding hydrogens is 522 g/mol. The Balaban J connectivity index is 1.07. The molecule has 4 rings (SSSR count). The molecule has 1 aliphatic carbocycles. The molecule has 3 aromatic carbocycles. The van der Waals surface area contributed by atoms with Gasteiger partial charge in [-0.15, -0.1) is 0 Å². The second-order valence-corrected chi connectivity index (χ2v) is 9.94. The normalized spacial score (nSPS) is 11.7. The van der Waals surface area contributed by atoms with E-state index in [9.17, 15) is 19.2 Å². The van der Waals surface area contributed by atoms with Crippen LogP contribution in [0, 0.1) is 0 Å². The first-order chi connectivity index (χ1) is 19.9. The lowest BCUT2D eigenvalue weighted by Crippen LogP contribution is -2.33. The number of alkyl carbamates (subject to hydrolysis) is 1. The molecule has 1 aliphatic rings. The lowest BCUT2D eigenvalue weighted by molar-refractivity contribution is -0.137. The minimum absolute atomic E-state index is 0.0143. The number of ether oxygens (including phenoxy) is 1. The van der Waals surface area contributed by atoms with Crippen LogP contribution in [0.4, 0.5) is 10.5 Å². The average Bonchev–Trinajstić information content (AvgIpc) is 3.30. The van der Waals surface area contributed by atoms with Crippen molar-refractivity contribution in [3.05, 3.63) is 89.5 Å². The molecule has 3 amide bonds. The van der Waals surface area contributed by atoms with Crippen molar-refractivity contribution in [1.82, 2.24) is 10.6 Å². The summed E-state index contributed by atoms with van der Waals surface area (Å²) in [5, 5.41) is 17.0. The van der Waals surface area contributed by atoms with Crippen molar-refractivity contribution < 1.29 is 29.0 Å². The predicted octanol–water partition coefficient (Wildman–Crippen LogP) is 4.86. The number of hydrogen-bond acceptors (Lipinski definition) is 5. The maximum Gasteiger partial charge on any atom is 0.407 e. The Kier molecular flexibility index (Phi) is 10.5. The SMILES string of the molecule is O=C(O)CCc1ccccc1NC(=O)CNC(=O)CCCCCNC(=O)OCC1c2ccccc2-c2ccccc21. The number of hydrogen-bond donors (Lipinski definition) is 4. The largest absolute Gasteiger partial charge is 0.481 e. The van der Waals surface area contributed by atoms with Gasteiger partial charge in [-0.05, 0) is 53.1 Å². The lowest BCUT2D eigenvalue weighted by Gasteiger charge is -2.14. The van der Waals surface area contributed by atoms with Gasteiger partial charge in [0.15, 0.2) is 0 Å². The van der Waals surface area contributed by atoms with E-state index in [4.69, 9.17) is 9.84 Å². The van der Waals surface area contributed by atoms with Crippen LogP contribution in [0.2, 0.25) is 0 Å². The molecule has 0 unspecified atom stereocenters. The quantitative estimate of drug-likeness (QED) is 0.209. The lowest BCUT2D eigenvalue weighted by atomic mass is 9.98. The van der Waals surface area contributed by atoms with Gasteiger partial charge in [0.25, 0.3) is 0 Å². The van der Waals surface area contributed by atoms with Crippen LogP contribution < -0.4 is 16.0 Å². The van der Waals surface area contributed by atoms with Gasteiger partial charge < -0.3 is 25.8 Å². The zero-order valence-corrected chi connectivity index (χ0v) is 22.9. The first-order valence-corrected chi connectivity index (χ1v) is 13.9. The predicted molar refractivity (Wildman–Crippen MR) is 156 cm³/mol. The number of amides is 3. The molecule has 4 N–H and O–H groups in total. The molecule has 214 valence electrons. The van der Waals surface area contributed by atoms with Crippen molar-refractivity contribution in [2.45, 2.75) is 44.4 Å². The maximum absolute atomic E-state index is 12.3. The fourth-order valence-electron chi connectivity index (χ4n) is 4.99. The first kappa shape index (κ1) is 29.3. The molecule has 0 saturated carbocycles. The van der Waals surface area contributed by atoms with Gasteiger partial charge in [0, 0.05) is 31.0 Å². The number of rotatable bonds is 14. The molecule has 9 nitrogen and oxygen atoms in total. The van der Waals surface area contributed by atoms with E-state index in [-0.39, 0.29) is 43.7 Å². The van der Waals surface area contributed by atoms with Crippen LogP contribution in [0.3, 0.4) is 0 Å². The molecule has 0 spiro atoms. The standard InChI is InChI=1S/C32H35N3O6/c36-29(34-20-30(37)35-28-15-8-3-10-22(28)17-18-31(38)39)16-2-1-9-19-33-32(40)41-21-27-25-13-6-4-11-23(25)24-12-5-7-14-26(24)27/h3-8,10-15,27H,1-2,9,16-21H2,(H,33,40)(H,34,36)(H,35,37)(H,38,39). The van der Waals surface area contributed by atoms with Crippen LogP contribution in [0.25, 0.3) is 11.1 Å². The molecule has 0 radical (unpaired) electrons. The Labute approximate surface area is 239 Å². The van der Waals surface area contributed by atoms with E-state index in [1.807, 2.05) is 24.3 Å². The zero-order chi connectivity index (χ0) is 29.0. The van der Waals surface area contributed by atoms with Gasteiger partial charge in [0.05, 0.1) is 6.54 Å². The van der Waals surface area contributed by atoms with Crippen molar-refractivity contribution in [1.29, 1.82) is 0 Å². The van der Waals surface area contributed by atoms with E-state index in [2.05, 4.69) is 40.2 Å². The van der Waals surface area contributed by atoms with Crippen molar-refractivity contribution in [2.24, 2.45) is 0 Å². The van der Waals surface area contributed by atoms with Crippen molar-refractivity contribution >= 4 is 29.6 Å². The Morgan fingerprint density at radius 3 is 2.10 bits per heavy atom. The topological polar surface area (TPSA) is 134 Å². The highest BCUT2D eigenvalue weighted by Gasteiger charge is 2.28. The number of aryl methyl sites for hydroxylation is 1. The number of carboxylic acid groups (broad SMARTS) is 1. The fourth-order valence-corrected chi connectivity index (χ4v) is 4.99. The first-order valence-electron chi connectivity index (χ1n) is 13.9. The van der Waals surface area contributed by atoms with Crippen molar-refractivity contribution in [3.8, 4) is 11.1 Å². The number of unbranched alkanes of at least 4 members (excludes halogenated alkanes) is 2. The highest BCUT2D eigenvalue weighted by Crippen LogP contribution is 2.44. The zero-order valence-electron chi connectivity index (χ0n) is 22.9. The van der Waals surface area contributed by atoms with Gasteiger partial charge in [0.2, 0.25) is 11.8 Å². The van der Waals surface area contributed by atoms with Gasteiger partial charge in [0.1, 0.15) is 6.61 Å². The van der Waals surface area contributed by atoms with E-state index < -0.39 is 12.1 Å². The van der Waals surface area contributed by atoms with E-state index in [1.165, 1.54) is 11.1 Å². The third-order valence-electron chi connectivity index (χ3n) is 7.04. The van der Waals surface area contributed by atoms with E-state index in [0.717, 1.165) is 23.1 Å². The summed E-state index contributed by atoms with van der Waals surface area (Å²) >= 11 is 0. The molecule has 0 aromatic heterocycles. The van der Waals surface area contributed by atoms with Gasteiger partial charge in [-0.25, -0.2) is 4.79 Å². The number of para-hydroxylation sites is 1. The van der Waals surface area contributed by atoms with Gasteiger partial charge in [-0.3, -0.25) is 14.4 Å². The number of nitrogens with one attached hydrogen (secondary N) is 3. The summed E-state index contributed by atoms with van der Waals surface area (Å²) < 4.78 is 5.53. The highest BCUT2D eigenvalue weighted by atomic mass is 16.5. The Morgan fingerprint density at radius 1 is 0.732 bits per heavy atom. The summed E-state index contributed by atoms with van der Waals surface area (Å²) in [6.45, 7) is 0.541. The average molecular weight is 558 g/mol. The van der Waals surface area contributed by atoms with Crippen molar-refractivity contribution in [3.63, 3.8) is 0 Å². The van der Waals surface area contributed by atoms with Crippen LogP contribution in [0.1, 0.15) is 54.7 Å². The van der Waals surface area contributed by atoms with Crippen LogP contribution in [0.15, 0.2) is 72.8 Å². The Morgan fingerprint density at radius 2 is 1.39 bits per heavy atom. The fraction of sp³-hybridized carbons (Fsp3) is 0.312. The molecule has 3 aromatic rings. The monoisotopic (exact) mass is 557 g/mol. The molecule has 9 heteroatoms. The summed E-state index contributed by atoms with van der Waals surface area (Å²) in [5.41, 5.74) is 5.95. The minimum Gasteiger partial charge on any atom is -0.481 e. The number of carbonyl (C=O) groups is 4. The highest BCUT2D eigenvalue weighted by molar-refractivity contribution is 5.95. The number of anilines is 1. The third kappa shape index (κ3) is 8.41. The number of fused-ring (bicyclic) bond motifs is 3. The van der Waals surface area contributed by atoms with Crippen LogP contribution in [-0.4, -0.2) is 48.7 Å². The number of aliphatic carboxylic acids is 1. The van der Waals surface area contributed by atoms with Crippen molar-refractivity contribution in [2.75, 3.05) is 25.0 Å². The molecule has 0 atom stereocenters. The van der Waals surface area contributed by atoms with Gasteiger partial charge in [-0.1, -0.05) is 73.2 Å². The minimum atomic E-state index is -0.911. The molecule has 0 bridgehead atoms. The second-order valence-electron chi connectivity index (χ2n) is 9.94. The van der Waals surface area contributed by atoms with E-state index in [0.29, 0.717) is 31.5 Å². The number of carbonyl (C=O) groups excluding carboxylic acids is 3.